The minimum Gasteiger partial charge on any atom is -0.376 e. The first kappa shape index (κ1) is 18.9. The van der Waals surface area contributed by atoms with E-state index in [1.54, 1.807) is 53.5 Å². The molecule has 0 bridgehead atoms. The quantitative estimate of drug-likeness (QED) is 0.658. The van der Waals surface area contributed by atoms with Crippen molar-refractivity contribution in [2.24, 2.45) is 0 Å². The van der Waals surface area contributed by atoms with E-state index in [0.717, 1.165) is 11.9 Å². The van der Waals surface area contributed by atoms with Gasteiger partial charge < -0.3 is 10.6 Å². The number of sulfone groups is 1. The van der Waals surface area contributed by atoms with Gasteiger partial charge in [0.15, 0.2) is 9.84 Å². The van der Waals surface area contributed by atoms with Crippen LogP contribution >= 0.6 is 11.6 Å². The largest absolute Gasteiger partial charge is 0.376 e. The molecule has 140 valence electrons. The van der Waals surface area contributed by atoms with Crippen molar-refractivity contribution in [3.63, 3.8) is 0 Å². The molecule has 0 saturated carbocycles. The number of aromatic nitrogens is 2. The number of nitrogens with zero attached hydrogens (tertiary/aromatic N) is 2. The van der Waals surface area contributed by atoms with Crippen molar-refractivity contribution < 1.29 is 13.2 Å². The SMILES string of the molecule is CS(=O)(=O)c1ccc(NC(=O)CNc2ccc(-n3cccn3)c(Cl)c2)cc1. The monoisotopic (exact) mass is 404 g/mol. The van der Waals surface area contributed by atoms with Crippen molar-refractivity contribution in [3.05, 3.63) is 65.9 Å². The van der Waals surface area contributed by atoms with Crippen molar-refractivity contribution >= 4 is 38.7 Å². The lowest BCUT2D eigenvalue weighted by Crippen LogP contribution is -2.21. The van der Waals surface area contributed by atoms with Crippen molar-refractivity contribution in [1.82, 2.24) is 9.78 Å². The molecular formula is C18H17ClN4O3S. The summed E-state index contributed by atoms with van der Waals surface area (Å²) in [6.07, 6.45) is 4.58. The minimum atomic E-state index is -3.26. The smallest absolute Gasteiger partial charge is 0.243 e. The van der Waals surface area contributed by atoms with Gasteiger partial charge in [-0.1, -0.05) is 11.6 Å². The summed E-state index contributed by atoms with van der Waals surface area (Å²) in [5, 5.41) is 10.3. The molecule has 2 aromatic carbocycles. The predicted octanol–water partition coefficient (Wildman–Crippen LogP) is 2.98. The summed E-state index contributed by atoms with van der Waals surface area (Å²) in [4.78, 5) is 12.3. The van der Waals surface area contributed by atoms with Gasteiger partial charge in [-0.15, -0.1) is 0 Å². The van der Waals surface area contributed by atoms with Crippen LogP contribution in [-0.2, 0) is 14.6 Å². The first-order valence-electron chi connectivity index (χ1n) is 7.96. The highest BCUT2D eigenvalue weighted by atomic mass is 35.5. The summed E-state index contributed by atoms with van der Waals surface area (Å²) in [6.45, 7) is 0.0330. The molecule has 27 heavy (non-hydrogen) atoms. The molecule has 0 unspecified atom stereocenters. The van der Waals surface area contributed by atoms with Crippen LogP contribution in [0.5, 0.6) is 0 Å². The van der Waals surface area contributed by atoms with Crippen LogP contribution in [0.25, 0.3) is 5.69 Å². The van der Waals surface area contributed by atoms with E-state index < -0.39 is 9.84 Å². The Hall–Kier alpha value is -2.84. The van der Waals surface area contributed by atoms with Gasteiger partial charge in [-0.25, -0.2) is 13.1 Å². The molecule has 3 aromatic rings. The van der Waals surface area contributed by atoms with E-state index in [-0.39, 0.29) is 17.3 Å². The van der Waals surface area contributed by atoms with Gasteiger partial charge in [-0.2, -0.15) is 5.10 Å². The van der Waals surface area contributed by atoms with Gasteiger partial charge in [0, 0.05) is 30.0 Å². The number of nitrogens with one attached hydrogen (secondary N) is 2. The average molecular weight is 405 g/mol. The lowest BCUT2D eigenvalue weighted by molar-refractivity contribution is -0.114. The molecule has 0 radical (unpaired) electrons. The molecule has 0 atom stereocenters. The van der Waals surface area contributed by atoms with Crippen LogP contribution in [0.3, 0.4) is 0 Å². The minimum absolute atomic E-state index is 0.0330. The lowest BCUT2D eigenvalue weighted by atomic mass is 10.2. The number of halogens is 1. The van der Waals surface area contributed by atoms with Crippen LogP contribution in [0.2, 0.25) is 5.02 Å². The van der Waals surface area contributed by atoms with Crippen LogP contribution in [-0.4, -0.2) is 36.9 Å². The third kappa shape index (κ3) is 4.87. The van der Waals surface area contributed by atoms with E-state index >= 15 is 0 Å². The summed E-state index contributed by atoms with van der Waals surface area (Å²) in [6, 6.07) is 13.1. The van der Waals surface area contributed by atoms with E-state index in [1.807, 2.05) is 0 Å². The second-order valence-corrected chi connectivity index (χ2v) is 8.24. The Morgan fingerprint density at radius 3 is 2.44 bits per heavy atom. The van der Waals surface area contributed by atoms with Gasteiger partial charge in [0.2, 0.25) is 5.91 Å². The molecular weight excluding hydrogens is 388 g/mol. The zero-order valence-corrected chi connectivity index (χ0v) is 16.0. The van der Waals surface area contributed by atoms with Crippen molar-refractivity contribution in [2.45, 2.75) is 4.90 Å². The molecule has 0 fully saturated rings. The molecule has 1 amide bonds. The molecule has 0 spiro atoms. The predicted molar refractivity (Wildman–Crippen MR) is 105 cm³/mol. The van der Waals surface area contributed by atoms with Gasteiger partial charge in [0.05, 0.1) is 22.2 Å². The number of hydrogen-bond donors (Lipinski definition) is 2. The zero-order chi connectivity index (χ0) is 19.4. The fourth-order valence-electron chi connectivity index (χ4n) is 2.39. The molecule has 7 nitrogen and oxygen atoms in total. The number of amides is 1. The normalized spacial score (nSPS) is 11.2. The summed E-state index contributed by atoms with van der Waals surface area (Å²) in [7, 11) is -3.26. The number of hydrogen-bond acceptors (Lipinski definition) is 5. The van der Waals surface area contributed by atoms with Crippen LogP contribution in [0.15, 0.2) is 65.8 Å². The molecule has 0 saturated heterocycles. The molecule has 9 heteroatoms. The maximum Gasteiger partial charge on any atom is 0.243 e. The van der Waals surface area contributed by atoms with Gasteiger partial charge in [0.25, 0.3) is 0 Å². The molecule has 1 aromatic heterocycles. The van der Waals surface area contributed by atoms with E-state index in [1.165, 1.54) is 12.1 Å². The van der Waals surface area contributed by atoms with Crippen LogP contribution in [0.4, 0.5) is 11.4 Å². The van der Waals surface area contributed by atoms with E-state index in [2.05, 4.69) is 15.7 Å². The fourth-order valence-corrected chi connectivity index (χ4v) is 3.28. The number of benzene rings is 2. The number of carbonyl (C=O) groups is 1. The molecule has 0 aliphatic carbocycles. The summed E-state index contributed by atoms with van der Waals surface area (Å²) in [5.41, 5.74) is 1.95. The highest BCUT2D eigenvalue weighted by Gasteiger charge is 2.08. The summed E-state index contributed by atoms with van der Waals surface area (Å²) < 4.78 is 24.5. The number of carbonyl (C=O) groups excluding carboxylic acids is 1. The maximum atomic E-state index is 12.1. The molecule has 0 aliphatic heterocycles. The maximum absolute atomic E-state index is 12.1. The van der Waals surface area contributed by atoms with Crippen LogP contribution < -0.4 is 10.6 Å². The first-order chi connectivity index (χ1) is 12.8. The Labute approximate surface area is 161 Å². The Kier molecular flexibility index (Phi) is 5.48. The lowest BCUT2D eigenvalue weighted by Gasteiger charge is -2.10. The third-order valence-corrected chi connectivity index (χ3v) is 5.15. The molecule has 3 rings (SSSR count). The van der Waals surface area contributed by atoms with Gasteiger partial charge >= 0.3 is 0 Å². The van der Waals surface area contributed by atoms with Gasteiger partial charge in [-0.3, -0.25) is 4.79 Å². The Balaban J connectivity index is 1.58. The fraction of sp³-hybridized carbons (Fsp3) is 0.111. The topological polar surface area (TPSA) is 93.1 Å². The summed E-state index contributed by atoms with van der Waals surface area (Å²) >= 11 is 6.27. The first-order valence-corrected chi connectivity index (χ1v) is 10.2. The highest BCUT2D eigenvalue weighted by Crippen LogP contribution is 2.23. The molecule has 2 N–H and O–H groups in total. The second-order valence-electron chi connectivity index (χ2n) is 5.82. The van der Waals surface area contributed by atoms with Gasteiger partial charge in [-0.05, 0) is 48.5 Å². The second kappa shape index (κ2) is 7.81. The van der Waals surface area contributed by atoms with Crippen LogP contribution in [0, 0.1) is 0 Å². The summed E-state index contributed by atoms with van der Waals surface area (Å²) in [5.74, 6) is -0.269. The Morgan fingerprint density at radius 1 is 1.15 bits per heavy atom. The number of rotatable bonds is 6. The molecule has 0 aliphatic rings. The third-order valence-electron chi connectivity index (χ3n) is 3.72. The number of anilines is 2. The zero-order valence-electron chi connectivity index (χ0n) is 14.4. The Bertz CT molecular complexity index is 1050. The average Bonchev–Trinajstić information content (AvgIpc) is 3.14. The van der Waals surface area contributed by atoms with Gasteiger partial charge in [0.1, 0.15) is 0 Å². The van der Waals surface area contributed by atoms with E-state index in [9.17, 15) is 13.2 Å². The van der Waals surface area contributed by atoms with Crippen LogP contribution in [0.1, 0.15) is 0 Å². The molecule has 1 heterocycles. The highest BCUT2D eigenvalue weighted by molar-refractivity contribution is 7.90. The van der Waals surface area contributed by atoms with E-state index in [0.29, 0.717) is 16.4 Å². The van der Waals surface area contributed by atoms with Crippen molar-refractivity contribution in [3.8, 4) is 5.69 Å². The van der Waals surface area contributed by atoms with E-state index in [4.69, 9.17) is 11.6 Å². The van der Waals surface area contributed by atoms with Crippen molar-refractivity contribution in [2.75, 3.05) is 23.4 Å². The van der Waals surface area contributed by atoms with Crippen molar-refractivity contribution in [1.29, 1.82) is 0 Å². The Morgan fingerprint density at radius 2 is 1.85 bits per heavy atom. The standard InChI is InChI=1S/C18H17ClN4O3S/c1-27(25,26)15-6-3-13(4-7-15)22-18(24)12-20-14-5-8-17(16(19)11-14)23-10-2-9-21-23/h2-11,20H,12H2,1H3,(H,22,24).